The lowest BCUT2D eigenvalue weighted by Crippen LogP contribution is -1.98. The predicted molar refractivity (Wildman–Crippen MR) is 83.2 cm³/mol. The highest BCUT2D eigenvalue weighted by molar-refractivity contribution is 5.95. The Kier molecular flexibility index (Phi) is 3.28. The zero-order valence-electron chi connectivity index (χ0n) is 11.5. The van der Waals surface area contributed by atoms with Crippen LogP contribution in [0.5, 0.6) is 0 Å². The van der Waals surface area contributed by atoms with E-state index >= 15 is 0 Å². The Labute approximate surface area is 122 Å². The number of benzene rings is 2. The number of pyridine rings is 1. The van der Waals surface area contributed by atoms with Gasteiger partial charge in [0.2, 0.25) is 0 Å². The molecule has 21 heavy (non-hydrogen) atoms. The molecule has 0 fully saturated rings. The minimum Gasteiger partial charge on any atom is -0.478 e. The van der Waals surface area contributed by atoms with Crippen molar-refractivity contribution in [2.75, 3.05) is 5.32 Å². The minimum atomic E-state index is -0.936. The number of aryl methyl sites for hydroxylation is 1. The Morgan fingerprint density at radius 2 is 1.95 bits per heavy atom. The molecule has 2 aromatic carbocycles. The third kappa shape index (κ3) is 2.56. The molecule has 3 rings (SSSR count). The van der Waals surface area contributed by atoms with Gasteiger partial charge < -0.3 is 10.4 Å². The van der Waals surface area contributed by atoms with E-state index in [0.29, 0.717) is 0 Å². The van der Waals surface area contributed by atoms with Gasteiger partial charge in [0.15, 0.2) is 0 Å². The molecule has 2 N–H and O–H groups in total. The van der Waals surface area contributed by atoms with Crippen LogP contribution in [0.3, 0.4) is 0 Å². The van der Waals surface area contributed by atoms with Gasteiger partial charge in [-0.3, -0.25) is 4.98 Å². The van der Waals surface area contributed by atoms with Crippen LogP contribution in [0.25, 0.3) is 10.9 Å². The van der Waals surface area contributed by atoms with Crippen molar-refractivity contribution in [2.24, 2.45) is 0 Å². The van der Waals surface area contributed by atoms with E-state index < -0.39 is 5.97 Å². The van der Waals surface area contributed by atoms with E-state index in [1.165, 1.54) is 0 Å². The normalized spacial score (nSPS) is 10.5. The molecular weight excluding hydrogens is 264 g/mol. The van der Waals surface area contributed by atoms with Crippen LogP contribution in [0.2, 0.25) is 0 Å². The van der Waals surface area contributed by atoms with E-state index in [1.54, 1.807) is 24.4 Å². The van der Waals surface area contributed by atoms with Crippen LogP contribution in [0.4, 0.5) is 11.4 Å². The van der Waals surface area contributed by atoms with Gasteiger partial charge in [0, 0.05) is 23.0 Å². The second-order valence-corrected chi connectivity index (χ2v) is 4.84. The van der Waals surface area contributed by atoms with Gasteiger partial charge in [-0.25, -0.2) is 4.79 Å². The largest absolute Gasteiger partial charge is 0.478 e. The van der Waals surface area contributed by atoms with Crippen molar-refractivity contribution in [3.05, 3.63) is 65.9 Å². The third-order valence-electron chi connectivity index (χ3n) is 3.36. The fraction of sp³-hybridized carbons (Fsp3) is 0.0588. The highest BCUT2D eigenvalue weighted by Gasteiger charge is 2.06. The van der Waals surface area contributed by atoms with Crippen molar-refractivity contribution >= 4 is 28.2 Å². The Morgan fingerprint density at radius 3 is 2.76 bits per heavy atom. The van der Waals surface area contributed by atoms with Crippen LogP contribution in [-0.4, -0.2) is 16.1 Å². The standard InChI is InChI=1S/C17H14N2O2/c1-11-4-2-7-14-15(8-9-18-16(11)14)19-13-6-3-5-12(10-13)17(20)21/h2-10H,1H3,(H,18,19)(H,20,21). The molecule has 0 aliphatic heterocycles. The molecular formula is C17H14N2O2. The molecule has 0 aliphatic rings. The number of hydrogen-bond acceptors (Lipinski definition) is 3. The summed E-state index contributed by atoms with van der Waals surface area (Å²) in [5, 5.41) is 13.3. The smallest absolute Gasteiger partial charge is 0.335 e. The molecule has 0 unspecified atom stereocenters. The highest BCUT2D eigenvalue weighted by Crippen LogP contribution is 2.27. The van der Waals surface area contributed by atoms with Gasteiger partial charge in [-0.1, -0.05) is 24.3 Å². The number of carbonyl (C=O) groups is 1. The minimum absolute atomic E-state index is 0.259. The van der Waals surface area contributed by atoms with Crippen molar-refractivity contribution < 1.29 is 9.90 Å². The highest BCUT2D eigenvalue weighted by atomic mass is 16.4. The van der Waals surface area contributed by atoms with Gasteiger partial charge in [0.25, 0.3) is 0 Å². The average Bonchev–Trinajstić information content (AvgIpc) is 2.49. The van der Waals surface area contributed by atoms with Crippen molar-refractivity contribution in [1.29, 1.82) is 0 Å². The Morgan fingerprint density at radius 1 is 1.14 bits per heavy atom. The van der Waals surface area contributed by atoms with Crippen LogP contribution >= 0.6 is 0 Å². The number of carboxylic acids is 1. The molecule has 4 nitrogen and oxygen atoms in total. The van der Waals surface area contributed by atoms with Crippen LogP contribution < -0.4 is 5.32 Å². The van der Waals surface area contributed by atoms with Crippen LogP contribution in [-0.2, 0) is 0 Å². The lowest BCUT2D eigenvalue weighted by molar-refractivity contribution is 0.0697. The topological polar surface area (TPSA) is 62.2 Å². The van der Waals surface area contributed by atoms with Gasteiger partial charge in [-0.15, -0.1) is 0 Å². The molecule has 1 heterocycles. The maximum Gasteiger partial charge on any atom is 0.335 e. The fourth-order valence-electron chi connectivity index (χ4n) is 2.32. The zero-order chi connectivity index (χ0) is 14.8. The average molecular weight is 278 g/mol. The summed E-state index contributed by atoms with van der Waals surface area (Å²) in [7, 11) is 0. The number of carboxylic acid groups (broad SMARTS) is 1. The summed E-state index contributed by atoms with van der Waals surface area (Å²) in [4.78, 5) is 15.4. The van der Waals surface area contributed by atoms with E-state index in [0.717, 1.165) is 27.8 Å². The molecule has 0 saturated heterocycles. The molecule has 0 saturated carbocycles. The maximum atomic E-state index is 11.0. The van der Waals surface area contributed by atoms with Gasteiger partial charge in [-0.05, 0) is 36.8 Å². The first kappa shape index (κ1) is 13.1. The third-order valence-corrected chi connectivity index (χ3v) is 3.36. The lowest BCUT2D eigenvalue weighted by atomic mass is 10.1. The number of anilines is 2. The molecule has 0 amide bonds. The lowest BCUT2D eigenvalue weighted by Gasteiger charge is -2.11. The van der Waals surface area contributed by atoms with Crippen molar-refractivity contribution in [1.82, 2.24) is 4.98 Å². The first-order chi connectivity index (χ1) is 10.1. The number of hydrogen-bond donors (Lipinski definition) is 2. The molecule has 4 heteroatoms. The predicted octanol–water partition coefficient (Wildman–Crippen LogP) is 3.99. The summed E-state index contributed by atoms with van der Waals surface area (Å²) in [5.41, 5.74) is 3.96. The van der Waals surface area contributed by atoms with E-state index in [-0.39, 0.29) is 5.56 Å². The molecule has 0 bridgehead atoms. The summed E-state index contributed by atoms with van der Waals surface area (Å²) in [6, 6.07) is 14.6. The Hall–Kier alpha value is -2.88. The molecule has 104 valence electrons. The van der Waals surface area contributed by atoms with Gasteiger partial charge in [0.1, 0.15) is 0 Å². The summed E-state index contributed by atoms with van der Waals surface area (Å²) in [6.45, 7) is 2.02. The molecule has 0 radical (unpaired) electrons. The van der Waals surface area contributed by atoms with Gasteiger partial charge >= 0.3 is 5.97 Å². The van der Waals surface area contributed by atoms with Crippen LogP contribution in [0.1, 0.15) is 15.9 Å². The number of nitrogens with zero attached hydrogens (tertiary/aromatic N) is 1. The number of nitrogens with one attached hydrogen (secondary N) is 1. The quantitative estimate of drug-likeness (QED) is 0.760. The Balaban J connectivity index is 2.04. The first-order valence-electron chi connectivity index (χ1n) is 6.60. The van der Waals surface area contributed by atoms with Crippen molar-refractivity contribution in [3.63, 3.8) is 0 Å². The summed E-state index contributed by atoms with van der Waals surface area (Å²) in [5.74, 6) is -0.936. The van der Waals surface area contributed by atoms with Gasteiger partial charge in [0.05, 0.1) is 11.1 Å². The van der Waals surface area contributed by atoms with E-state index in [9.17, 15) is 4.79 Å². The fourth-order valence-corrected chi connectivity index (χ4v) is 2.32. The second kappa shape index (κ2) is 5.25. The monoisotopic (exact) mass is 278 g/mol. The maximum absolute atomic E-state index is 11.0. The molecule has 0 atom stereocenters. The number of para-hydroxylation sites is 1. The summed E-state index contributed by atoms with van der Waals surface area (Å²) in [6.07, 6.45) is 1.75. The number of aromatic carboxylic acids is 1. The Bertz CT molecular complexity index is 828. The molecule has 3 aromatic rings. The van der Waals surface area contributed by atoms with E-state index in [4.69, 9.17) is 5.11 Å². The zero-order valence-corrected chi connectivity index (χ0v) is 11.5. The van der Waals surface area contributed by atoms with E-state index in [2.05, 4.69) is 10.3 Å². The van der Waals surface area contributed by atoms with Crippen LogP contribution in [0, 0.1) is 6.92 Å². The number of fused-ring (bicyclic) bond motifs is 1. The van der Waals surface area contributed by atoms with Crippen molar-refractivity contribution in [2.45, 2.75) is 6.92 Å². The molecule has 0 spiro atoms. The van der Waals surface area contributed by atoms with Crippen molar-refractivity contribution in [3.8, 4) is 0 Å². The molecule has 0 aliphatic carbocycles. The number of rotatable bonds is 3. The first-order valence-corrected chi connectivity index (χ1v) is 6.60. The second-order valence-electron chi connectivity index (χ2n) is 4.84. The summed E-state index contributed by atoms with van der Waals surface area (Å²) >= 11 is 0. The van der Waals surface area contributed by atoms with E-state index in [1.807, 2.05) is 37.3 Å². The molecule has 1 aromatic heterocycles. The number of aromatic nitrogens is 1. The SMILES string of the molecule is Cc1cccc2c(Nc3cccc(C(=O)O)c3)ccnc12. The van der Waals surface area contributed by atoms with Gasteiger partial charge in [-0.2, -0.15) is 0 Å². The van der Waals surface area contributed by atoms with Crippen LogP contribution in [0.15, 0.2) is 54.7 Å². The summed E-state index contributed by atoms with van der Waals surface area (Å²) < 4.78 is 0.